The van der Waals surface area contributed by atoms with Crippen LogP contribution in [0.2, 0.25) is 0 Å². The van der Waals surface area contributed by atoms with Crippen molar-refractivity contribution < 1.29 is 0 Å². The van der Waals surface area contributed by atoms with Gasteiger partial charge >= 0.3 is 0 Å². The summed E-state index contributed by atoms with van der Waals surface area (Å²) in [5, 5.41) is 1.44. The topological polar surface area (TPSA) is 11.4 Å². The number of piperidine rings is 1. The third-order valence-electron chi connectivity index (χ3n) is 5.63. The molecule has 5 rings (SSSR count). The van der Waals surface area contributed by atoms with Crippen LogP contribution < -0.4 is 0 Å². The van der Waals surface area contributed by atoms with Crippen LogP contribution in [0.1, 0.15) is 25.3 Å². The van der Waals surface area contributed by atoms with Crippen molar-refractivity contribution in [2.75, 3.05) is 26.7 Å². The molecule has 2 atom stereocenters. The molecule has 0 amide bonds. The molecule has 0 aliphatic carbocycles. The number of benzene rings is 1. The third-order valence-corrected chi connectivity index (χ3v) is 5.63. The van der Waals surface area contributed by atoms with Crippen molar-refractivity contribution in [1.82, 2.24) is 14.4 Å². The quantitative estimate of drug-likeness (QED) is 0.862. The molecule has 2 bridgehead atoms. The summed E-state index contributed by atoms with van der Waals surface area (Å²) in [6.07, 6.45) is 5.03. The Balaban J connectivity index is 1.62. The van der Waals surface area contributed by atoms with E-state index in [4.69, 9.17) is 0 Å². The average Bonchev–Trinajstić information content (AvgIpc) is 2.78. The van der Waals surface area contributed by atoms with E-state index in [2.05, 4.69) is 58.8 Å². The van der Waals surface area contributed by atoms with Gasteiger partial charge in [-0.2, -0.15) is 0 Å². The molecule has 3 fully saturated rings. The van der Waals surface area contributed by atoms with Crippen LogP contribution in [0.3, 0.4) is 0 Å². The molecule has 1 aromatic carbocycles. The van der Waals surface area contributed by atoms with E-state index >= 15 is 0 Å². The molecule has 0 N–H and O–H groups in total. The molecule has 0 radical (unpaired) electrons. The standard InChI is InChI=1S/C19H27N3/c1-3-21-10-9-18-16(5-4-6-19(18)21)13-22-12-15-7-8-17(22)14-20(2)11-15/h4-6,9-10,15,17H,3,7-8,11-14H2,1-2H3/t15-,17+/m1/s1. The molecule has 3 saturated heterocycles. The van der Waals surface area contributed by atoms with Crippen LogP contribution in [-0.4, -0.2) is 47.1 Å². The Labute approximate surface area is 133 Å². The Bertz CT molecular complexity index is 660. The van der Waals surface area contributed by atoms with Gasteiger partial charge in [-0.25, -0.2) is 0 Å². The minimum atomic E-state index is 0.743. The van der Waals surface area contributed by atoms with Gasteiger partial charge in [0, 0.05) is 55.9 Å². The Kier molecular flexibility index (Phi) is 3.71. The van der Waals surface area contributed by atoms with Crippen molar-refractivity contribution in [2.24, 2.45) is 5.92 Å². The molecular formula is C19H27N3. The minimum absolute atomic E-state index is 0.743. The molecule has 0 unspecified atom stereocenters. The minimum Gasteiger partial charge on any atom is -0.348 e. The monoisotopic (exact) mass is 297 g/mol. The van der Waals surface area contributed by atoms with Crippen molar-refractivity contribution in [3.8, 4) is 0 Å². The molecule has 3 heteroatoms. The van der Waals surface area contributed by atoms with E-state index in [1.54, 1.807) is 0 Å². The smallest absolute Gasteiger partial charge is 0.0483 e. The van der Waals surface area contributed by atoms with Crippen LogP contribution in [0.25, 0.3) is 10.9 Å². The Morgan fingerprint density at radius 3 is 2.86 bits per heavy atom. The number of aromatic nitrogens is 1. The lowest BCUT2D eigenvalue weighted by Crippen LogP contribution is -2.43. The summed E-state index contributed by atoms with van der Waals surface area (Å²) < 4.78 is 2.35. The van der Waals surface area contributed by atoms with Crippen molar-refractivity contribution in [3.63, 3.8) is 0 Å². The maximum Gasteiger partial charge on any atom is 0.0483 e. The first-order valence-electron chi connectivity index (χ1n) is 8.74. The van der Waals surface area contributed by atoms with E-state index in [-0.39, 0.29) is 0 Å². The lowest BCUT2D eigenvalue weighted by atomic mass is 9.94. The molecule has 0 spiro atoms. The third kappa shape index (κ3) is 2.46. The molecule has 3 aliphatic heterocycles. The van der Waals surface area contributed by atoms with Gasteiger partial charge in [0.25, 0.3) is 0 Å². The van der Waals surface area contributed by atoms with Gasteiger partial charge in [0.15, 0.2) is 0 Å². The first-order chi connectivity index (χ1) is 10.7. The second-order valence-corrected chi connectivity index (χ2v) is 7.20. The maximum atomic E-state index is 2.75. The van der Waals surface area contributed by atoms with E-state index in [9.17, 15) is 0 Å². The highest BCUT2D eigenvalue weighted by molar-refractivity contribution is 5.83. The van der Waals surface area contributed by atoms with Crippen molar-refractivity contribution in [2.45, 2.75) is 38.9 Å². The predicted octanol–water partition coefficient (Wildman–Crippen LogP) is 3.19. The van der Waals surface area contributed by atoms with E-state index < -0.39 is 0 Å². The fourth-order valence-electron chi connectivity index (χ4n) is 4.53. The van der Waals surface area contributed by atoms with Crippen molar-refractivity contribution >= 4 is 10.9 Å². The average molecular weight is 297 g/mol. The van der Waals surface area contributed by atoms with Gasteiger partial charge in [0.1, 0.15) is 0 Å². The van der Waals surface area contributed by atoms with E-state index in [1.165, 1.54) is 48.9 Å². The number of rotatable bonds is 3. The summed E-state index contributed by atoms with van der Waals surface area (Å²) in [4.78, 5) is 5.28. The van der Waals surface area contributed by atoms with Crippen LogP contribution in [0.15, 0.2) is 30.5 Å². The summed E-state index contributed by atoms with van der Waals surface area (Å²) in [5.74, 6) is 0.864. The molecule has 118 valence electrons. The van der Waals surface area contributed by atoms with Crippen LogP contribution in [-0.2, 0) is 13.1 Å². The Morgan fingerprint density at radius 1 is 1.09 bits per heavy atom. The number of hydrogen-bond acceptors (Lipinski definition) is 2. The lowest BCUT2D eigenvalue weighted by Gasteiger charge is -2.36. The number of fused-ring (bicyclic) bond motifs is 5. The Hall–Kier alpha value is -1.32. The molecular weight excluding hydrogens is 270 g/mol. The summed E-state index contributed by atoms with van der Waals surface area (Å²) in [5.41, 5.74) is 2.89. The molecule has 1 aromatic heterocycles. The number of nitrogens with zero attached hydrogens (tertiary/aromatic N) is 3. The summed E-state index contributed by atoms with van der Waals surface area (Å²) >= 11 is 0. The second kappa shape index (κ2) is 5.71. The lowest BCUT2D eigenvalue weighted by molar-refractivity contribution is 0.125. The summed E-state index contributed by atoms with van der Waals surface area (Å²) in [6.45, 7) is 8.17. The van der Waals surface area contributed by atoms with Gasteiger partial charge in [0.2, 0.25) is 0 Å². The van der Waals surface area contributed by atoms with Gasteiger partial charge in [-0.3, -0.25) is 4.90 Å². The molecule has 3 nitrogen and oxygen atoms in total. The number of aryl methyl sites for hydroxylation is 1. The number of likely N-dealkylation sites (N-methyl/N-ethyl adjacent to an activating group) is 1. The zero-order valence-corrected chi connectivity index (χ0v) is 13.8. The molecule has 2 aromatic rings. The van der Waals surface area contributed by atoms with Gasteiger partial charge < -0.3 is 9.47 Å². The van der Waals surface area contributed by atoms with Crippen molar-refractivity contribution in [3.05, 3.63) is 36.0 Å². The van der Waals surface area contributed by atoms with Crippen LogP contribution in [0.4, 0.5) is 0 Å². The first-order valence-corrected chi connectivity index (χ1v) is 8.74. The predicted molar refractivity (Wildman–Crippen MR) is 92.0 cm³/mol. The zero-order valence-electron chi connectivity index (χ0n) is 13.8. The maximum absolute atomic E-state index is 2.75. The van der Waals surface area contributed by atoms with Gasteiger partial charge in [-0.1, -0.05) is 12.1 Å². The van der Waals surface area contributed by atoms with Crippen LogP contribution in [0, 0.1) is 5.92 Å². The van der Waals surface area contributed by atoms with Gasteiger partial charge in [0.05, 0.1) is 0 Å². The van der Waals surface area contributed by atoms with E-state index in [0.29, 0.717) is 0 Å². The summed E-state index contributed by atoms with van der Waals surface area (Å²) in [7, 11) is 2.29. The largest absolute Gasteiger partial charge is 0.348 e. The first kappa shape index (κ1) is 14.3. The molecule has 0 saturated carbocycles. The van der Waals surface area contributed by atoms with Gasteiger partial charge in [-0.15, -0.1) is 0 Å². The normalized spacial score (nSPS) is 26.6. The zero-order chi connectivity index (χ0) is 15.1. The molecule has 22 heavy (non-hydrogen) atoms. The second-order valence-electron chi connectivity index (χ2n) is 7.20. The number of hydrogen-bond donors (Lipinski definition) is 0. The highest BCUT2D eigenvalue weighted by Crippen LogP contribution is 2.30. The van der Waals surface area contributed by atoms with E-state index in [0.717, 1.165) is 25.0 Å². The highest BCUT2D eigenvalue weighted by Gasteiger charge is 2.33. The van der Waals surface area contributed by atoms with Crippen LogP contribution >= 0.6 is 0 Å². The molecule has 3 aliphatic rings. The van der Waals surface area contributed by atoms with Crippen molar-refractivity contribution in [1.29, 1.82) is 0 Å². The highest BCUT2D eigenvalue weighted by atomic mass is 15.2. The summed E-state index contributed by atoms with van der Waals surface area (Å²) in [6, 6.07) is 9.85. The Morgan fingerprint density at radius 2 is 2.00 bits per heavy atom. The fourth-order valence-corrected chi connectivity index (χ4v) is 4.53. The van der Waals surface area contributed by atoms with Gasteiger partial charge in [-0.05, 0) is 50.4 Å². The van der Waals surface area contributed by atoms with E-state index in [1.807, 2.05) is 0 Å². The SMILES string of the molecule is CCn1ccc2c(CN3C[C@@H]4CC[C@H]3CN(C)C4)cccc21. The molecule has 4 heterocycles. The fraction of sp³-hybridized carbons (Fsp3) is 0.579. The van der Waals surface area contributed by atoms with Crippen LogP contribution in [0.5, 0.6) is 0 Å².